The van der Waals surface area contributed by atoms with Crippen molar-refractivity contribution in [2.24, 2.45) is 0 Å². The molecule has 0 aliphatic heterocycles. The van der Waals surface area contributed by atoms with E-state index in [1.54, 1.807) is 26.8 Å². The van der Waals surface area contributed by atoms with Gasteiger partial charge in [0.1, 0.15) is 11.6 Å². The van der Waals surface area contributed by atoms with E-state index < -0.39 is 11.7 Å². The highest BCUT2D eigenvalue weighted by molar-refractivity contribution is 5.97. The van der Waals surface area contributed by atoms with Crippen molar-refractivity contribution in [2.45, 2.75) is 34.4 Å². The number of aromatic amines is 1. The minimum absolute atomic E-state index is 0. The van der Waals surface area contributed by atoms with Gasteiger partial charge in [0.15, 0.2) is 0 Å². The molecule has 5 nitrogen and oxygen atoms in total. The number of halogens is 3. The molecule has 0 saturated heterocycles. The number of nitrogens with zero attached hydrogens (tertiary/aromatic N) is 3. The number of alkyl halides is 3. The second kappa shape index (κ2) is 6.78. The zero-order chi connectivity index (χ0) is 19.3. The third-order valence-electron chi connectivity index (χ3n) is 4.44. The van der Waals surface area contributed by atoms with E-state index in [9.17, 15) is 13.2 Å². The molecule has 4 rings (SSSR count). The maximum atomic E-state index is 13.6. The molecule has 0 radical (unpaired) electrons. The fourth-order valence-electron chi connectivity index (χ4n) is 3.34. The van der Waals surface area contributed by atoms with Crippen LogP contribution in [0.4, 0.5) is 13.2 Å². The van der Waals surface area contributed by atoms with Crippen LogP contribution in [0.15, 0.2) is 35.1 Å². The average molecular weight is 388 g/mol. The molecule has 0 spiro atoms. The van der Waals surface area contributed by atoms with Crippen molar-refractivity contribution < 1.29 is 17.7 Å². The molecular formula is C20H19F3N4O. The zero-order valence-corrected chi connectivity index (χ0v) is 14.8. The van der Waals surface area contributed by atoms with Gasteiger partial charge in [-0.3, -0.25) is 4.98 Å². The predicted molar refractivity (Wildman–Crippen MR) is 101 cm³/mol. The molecule has 28 heavy (non-hydrogen) atoms. The van der Waals surface area contributed by atoms with Gasteiger partial charge >= 0.3 is 6.18 Å². The Bertz CT molecular complexity index is 1140. The smallest absolute Gasteiger partial charge is 0.361 e. The molecular weight excluding hydrogens is 369 g/mol. The Morgan fingerprint density at radius 1 is 1.07 bits per heavy atom. The molecule has 3 heterocycles. The standard InChI is InChI=1S/C19H15F3N4O.CH4/c1-9-17(10(2)27-26-9)12-6-13(18-16(7-12)24-11(3)25-18)14-8-23-5-4-15(14)19(20,21)22;/h4-8H,1-3H3,(H,24,25);1H4. The van der Waals surface area contributed by atoms with Crippen LogP contribution in [0.25, 0.3) is 33.3 Å². The summed E-state index contributed by atoms with van der Waals surface area (Å²) in [5, 5.41) is 3.94. The number of fused-ring (bicyclic) bond motifs is 1. The number of hydrogen-bond acceptors (Lipinski definition) is 4. The Hall–Kier alpha value is -3.16. The number of imidazole rings is 1. The van der Waals surface area contributed by atoms with Crippen molar-refractivity contribution >= 4 is 11.0 Å². The average Bonchev–Trinajstić information content (AvgIpc) is 3.14. The molecule has 0 saturated carbocycles. The monoisotopic (exact) mass is 388 g/mol. The highest BCUT2D eigenvalue weighted by Gasteiger charge is 2.34. The number of nitrogens with one attached hydrogen (secondary N) is 1. The minimum atomic E-state index is -4.50. The van der Waals surface area contributed by atoms with E-state index in [-0.39, 0.29) is 13.0 Å². The summed E-state index contributed by atoms with van der Waals surface area (Å²) in [7, 11) is 0. The molecule has 3 aromatic heterocycles. The first-order valence-corrected chi connectivity index (χ1v) is 8.21. The number of aryl methyl sites for hydroxylation is 3. The van der Waals surface area contributed by atoms with Crippen LogP contribution in [0.1, 0.15) is 30.3 Å². The molecule has 0 amide bonds. The van der Waals surface area contributed by atoms with Gasteiger partial charge in [-0.25, -0.2) is 4.98 Å². The van der Waals surface area contributed by atoms with Crippen LogP contribution in [0, 0.1) is 20.8 Å². The number of benzene rings is 1. The van der Waals surface area contributed by atoms with Crippen molar-refractivity contribution in [1.82, 2.24) is 20.1 Å². The molecule has 1 aromatic carbocycles. The van der Waals surface area contributed by atoms with Gasteiger partial charge in [0, 0.05) is 29.1 Å². The Kier molecular flexibility index (Phi) is 4.74. The van der Waals surface area contributed by atoms with Crippen molar-refractivity contribution in [1.29, 1.82) is 0 Å². The van der Waals surface area contributed by atoms with E-state index in [4.69, 9.17) is 4.52 Å². The summed E-state index contributed by atoms with van der Waals surface area (Å²) >= 11 is 0. The fourth-order valence-corrected chi connectivity index (χ4v) is 3.34. The molecule has 8 heteroatoms. The van der Waals surface area contributed by atoms with E-state index in [0.29, 0.717) is 39.4 Å². The quantitative estimate of drug-likeness (QED) is 0.467. The number of pyridine rings is 1. The van der Waals surface area contributed by atoms with Crippen molar-refractivity contribution in [3.8, 4) is 22.3 Å². The lowest BCUT2D eigenvalue weighted by atomic mass is 9.95. The summed E-state index contributed by atoms with van der Waals surface area (Å²) in [6, 6.07) is 4.50. The Morgan fingerprint density at radius 2 is 1.82 bits per heavy atom. The maximum Gasteiger partial charge on any atom is 0.417 e. The molecule has 146 valence electrons. The van der Waals surface area contributed by atoms with Crippen LogP contribution in [0.5, 0.6) is 0 Å². The van der Waals surface area contributed by atoms with Crippen LogP contribution in [0.3, 0.4) is 0 Å². The van der Waals surface area contributed by atoms with Gasteiger partial charge in [-0.15, -0.1) is 0 Å². The molecule has 0 unspecified atom stereocenters. The van der Waals surface area contributed by atoms with Gasteiger partial charge in [0.2, 0.25) is 0 Å². The summed E-state index contributed by atoms with van der Waals surface area (Å²) in [6.07, 6.45) is -2.15. The molecule has 0 aliphatic rings. The van der Waals surface area contributed by atoms with Crippen molar-refractivity contribution in [2.75, 3.05) is 0 Å². The molecule has 0 aliphatic carbocycles. The third kappa shape index (κ3) is 3.15. The third-order valence-corrected chi connectivity index (χ3v) is 4.44. The largest absolute Gasteiger partial charge is 0.417 e. The van der Waals surface area contributed by atoms with E-state index >= 15 is 0 Å². The summed E-state index contributed by atoms with van der Waals surface area (Å²) in [5.74, 6) is 1.20. The van der Waals surface area contributed by atoms with Crippen LogP contribution >= 0.6 is 0 Å². The normalized spacial score (nSPS) is 11.6. The molecule has 0 atom stereocenters. The first-order valence-electron chi connectivity index (χ1n) is 8.21. The Labute approximate surface area is 159 Å². The van der Waals surface area contributed by atoms with Crippen molar-refractivity contribution in [3.05, 3.63) is 53.4 Å². The summed E-state index contributed by atoms with van der Waals surface area (Å²) in [4.78, 5) is 11.4. The first kappa shape index (κ1) is 19.6. The maximum absolute atomic E-state index is 13.6. The number of H-pyrrole nitrogens is 1. The number of hydrogen-bond donors (Lipinski definition) is 1. The van der Waals surface area contributed by atoms with Gasteiger partial charge in [0.25, 0.3) is 0 Å². The minimum Gasteiger partial charge on any atom is -0.361 e. The van der Waals surface area contributed by atoms with Crippen LogP contribution in [0.2, 0.25) is 0 Å². The van der Waals surface area contributed by atoms with Crippen LogP contribution in [-0.2, 0) is 6.18 Å². The summed E-state index contributed by atoms with van der Waals surface area (Å²) < 4.78 is 45.9. The van der Waals surface area contributed by atoms with Gasteiger partial charge in [-0.05, 0) is 44.5 Å². The van der Waals surface area contributed by atoms with Gasteiger partial charge in [0.05, 0.1) is 22.3 Å². The first-order chi connectivity index (χ1) is 12.8. The lowest BCUT2D eigenvalue weighted by molar-refractivity contribution is -0.137. The Morgan fingerprint density at radius 3 is 2.46 bits per heavy atom. The van der Waals surface area contributed by atoms with E-state index in [0.717, 1.165) is 17.8 Å². The SMILES string of the molecule is C.Cc1nc2c(-c3cnccc3C(F)(F)F)cc(-c3c(C)noc3C)cc2[nH]1. The Balaban J connectivity index is 0.00000225. The number of rotatable bonds is 2. The lowest BCUT2D eigenvalue weighted by Crippen LogP contribution is -2.07. The van der Waals surface area contributed by atoms with E-state index in [1.165, 1.54) is 6.20 Å². The molecule has 0 bridgehead atoms. The highest BCUT2D eigenvalue weighted by atomic mass is 19.4. The van der Waals surface area contributed by atoms with E-state index in [1.807, 2.05) is 6.07 Å². The van der Waals surface area contributed by atoms with Gasteiger partial charge < -0.3 is 9.51 Å². The van der Waals surface area contributed by atoms with Gasteiger partial charge in [-0.2, -0.15) is 13.2 Å². The van der Waals surface area contributed by atoms with Crippen molar-refractivity contribution in [3.63, 3.8) is 0 Å². The molecule has 0 fully saturated rings. The zero-order valence-electron chi connectivity index (χ0n) is 14.8. The molecule has 4 aromatic rings. The van der Waals surface area contributed by atoms with E-state index in [2.05, 4.69) is 20.1 Å². The fraction of sp³-hybridized carbons (Fsp3) is 0.250. The highest BCUT2D eigenvalue weighted by Crippen LogP contribution is 2.41. The van der Waals surface area contributed by atoms with Crippen LogP contribution < -0.4 is 0 Å². The topological polar surface area (TPSA) is 67.6 Å². The lowest BCUT2D eigenvalue weighted by Gasteiger charge is -2.14. The molecule has 1 N–H and O–H groups in total. The van der Waals surface area contributed by atoms with Gasteiger partial charge in [-0.1, -0.05) is 12.6 Å². The van der Waals surface area contributed by atoms with Crippen LogP contribution in [-0.4, -0.2) is 20.1 Å². The summed E-state index contributed by atoms with van der Waals surface area (Å²) in [5.41, 5.74) is 2.80. The number of aromatic nitrogens is 4. The second-order valence-corrected chi connectivity index (χ2v) is 6.36. The summed E-state index contributed by atoms with van der Waals surface area (Å²) in [6.45, 7) is 5.31. The predicted octanol–water partition coefficient (Wildman–Crippen LogP) is 5.86. The second-order valence-electron chi connectivity index (χ2n) is 6.36.